The Morgan fingerprint density at radius 3 is 2.38 bits per heavy atom. The Morgan fingerprint density at radius 1 is 1.17 bits per heavy atom. The molecule has 0 N–H and O–H groups in total. The van der Waals surface area contributed by atoms with E-state index in [0.29, 0.717) is 12.5 Å². The molecule has 4 heteroatoms. The topological polar surface area (TPSA) is 44.8 Å². The Morgan fingerprint density at radius 2 is 1.83 bits per heavy atom. The van der Waals surface area contributed by atoms with E-state index in [9.17, 15) is 4.79 Å². The highest BCUT2D eigenvalue weighted by Gasteiger charge is 2.42. The standard InChI is InChI=1S/C20H30O4/c1-5-13-22-19(16-11-12-16)18(15(4)23-20(21)14(2)3)24-17-9-7-6-8-10-17/h6-10,14-16,18-19H,5,11-13H2,1-4H3/t15-,18-,19-/m0/s1. The summed E-state index contributed by atoms with van der Waals surface area (Å²) < 4.78 is 18.0. The SMILES string of the molecule is CCCO[C@@H](C1CC1)[C@@H](Oc1ccccc1)[C@H](C)OC(=O)C(C)C. The van der Waals surface area contributed by atoms with Gasteiger partial charge in [-0.15, -0.1) is 0 Å². The molecule has 1 fully saturated rings. The molecule has 134 valence electrons. The molecule has 0 aromatic heterocycles. The minimum Gasteiger partial charge on any atom is -0.484 e. The van der Waals surface area contributed by atoms with Gasteiger partial charge in [-0.3, -0.25) is 4.79 Å². The van der Waals surface area contributed by atoms with E-state index in [1.54, 1.807) is 0 Å². The van der Waals surface area contributed by atoms with Crippen molar-refractivity contribution in [2.75, 3.05) is 6.61 Å². The number of para-hydroxylation sites is 1. The van der Waals surface area contributed by atoms with Crippen LogP contribution in [0.5, 0.6) is 5.75 Å². The Labute approximate surface area is 145 Å². The number of rotatable bonds is 10. The van der Waals surface area contributed by atoms with E-state index >= 15 is 0 Å². The first-order valence-corrected chi connectivity index (χ1v) is 9.06. The first-order chi connectivity index (χ1) is 11.5. The van der Waals surface area contributed by atoms with Gasteiger partial charge in [0, 0.05) is 6.61 Å². The Bertz CT molecular complexity index is 496. The molecule has 1 aliphatic carbocycles. The first kappa shape index (κ1) is 18.8. The van der Waals surface area contributed by atoms with Crippen LogP contribution in [-0.4, -0.2) is 30.9 Å². The molecule has 0 saturated heterocycles. The number of esters is 1. The molecular weight excluding hydrogens is 304 g/mol. The van der Waals surface area contributed by atoms with Gasteiger partial charge in [-0.1, -0.05) is 39.0 Å². The Balaban J connectivity index is 2.13. The molecule has 0 unspecified atom stereocenters. The van der Waals surface area contributed by atoms with Crippen LogP contribution in [0.15, 0.2) is 30.3 Å². The molecule has 0 bridgehead atoms. The molecule has 3 atom stereocenters. The predicted molar refractivity (Wildman–Crippen MR) is 94.0 cm³/mol. The van der Waals surface area contributed by atoms with Gasteiger partial charge in [0.1, 0.15) is 18.0 Å². The van der Waals surface area contributed by atoms with Gasteiger partial charge in [0.15, 0.2) is 6.10 Å². The zero-order valence-electron chi connectivity index (χ0n) is 15.2. The molecule has 1 saturated carbocycles. The third-order valence-corrected chi connectivity index (χ3v) is 4.18. The fourth-order valence-corrected chi connectivity index (χ4v) is 2.65. The van der Waals surface area contributed by atoms with Crippen LogP contribution in [-0.2, 0) is 14.3 Å². The summed E-state index contributed by atoms with van der Waals surface area (Å²) in [6, 6.07) is 9.68. The van der Waals surface area contributed by atoms with Crippen molar-refractivity contribution in [1.29, 1.82) is 0 Å². The van der Waals surface area contributed by atoms with Gasteiger partial charge < -0.3 is 14.2 Å². The van der Waals surface area contributed by atoms with E-state index in [4.69, 9.17) is 14.2 Å². The van der Waals surface area contributed by atoms with E-state index in [0.717, 1.165) is 25.0 Å². The summed E-state index contributed by atoms with van der Waals surface area (Å²) >= 11 is 0. The van der Waals surface area contributed by atoms with Crippen LogP contribution >= 0.6 is 0 Å². The molecule has 0 aliphatic heterocycles. The maximum absolute atomic E-state index is 12.0. The van der Waals surface area contributed by atoms with Crippen LogP contribution in [0, 0.1) is 11.8 Å². The Kier molecular flexibility index (Phi) is 7.10. The maximum Gasteiger partial charge on any atom is 0.308 e. The molecular formula is C20H30O4. The molecule has 2 rings (SSSR count). The first-order valence-electron chi connectivity index (χ1n) is 9.06. The normalized spacial score (nSPS) is 18.0. The van der Waals surface area contributed by atoms with Crippen LogP contribution in [0.1, 0.15) is 47.0 Å². The highest BCUT2D eigenvalue weighted by molar-refractivity contribution is 5.71. The maximum atomic E-state index is 12.0. The fourth-order valence-electron chi connectivity index (χ4n) is 2.65. The summed E-state index contributed by atoms with van der Waals surface area (Å²) in [6.07, 6.45) is 2.56. The largest absolute Gasteiger partial charge is 0.484 e. The average molecular weight is 334 g/mol. The van der Waals surface area contributed by atoms with Gasteiger partial charge >= 0.3 is 5.97 Å². The second kappa shape index (κ2) is 9.07. The van der Waals surface area contributed by atoms with Gasteiger partial charge in [-0.05, 0) is 44.2 Å². The molecule has 0 heterocycles. The van der Waals surface area contributed by atoms with Crippen molar-refractivity contribution in [3.63, 3.8) is 0 Å². The average Bonchev–Trinajstić information content (AvgIpc) is 3.39. The smallest absolute Gasteiger partial charge is 0.308 e. The Hall–Kier alpha value is -1.55. The number of benzene rings is 1. The van der Waals surface area contributed by atoms with E-state index in [-0.39, 0.29) is 30.2 Å². The second-order valence-corrected chi connectivity index (χ2v) is 6.87. The van der Waals surface area contributed by atoms with Gasteiger partial charge in [0.05, 0.1) is 5.92 Å². The summed E-state index contributed by atoms with van der Waals surface area (Å²) in [5.41, 5.74) is 0. The third-order valence-electron chi connectivity index (χ3n) is 4.18. The molecule has 4 nitrogen and oxygen atoms in total. The van der Waals surface area contributed by atoms with Crippen molar-refractivity contribution in [3.05, 3.63) is 30.3 Å². The predicted octanol–water partition coefficient (Wildman–Crippen LogP) is 4.23. The molecule has 0 amide bonds. The van der Waals surface area contributed by atoms with Crippen LogP contribution in [0.25, 0.3) is 0 Å². The minimum absolute atomic E-state index is 0.0416. The quantitative estimate of drug-likeness (QED) is 0.601. The van der Waals surface area contributed by atoms with Crippen LogP contribution < -0.4 is 4.74 Å². The summed E-state index contributed by atoms with van der Waals surface area (Å²) in [7, 11) is 0. The summed E-state index contributed by atoms with van der Waals surface area (Å²) in [6.45, 7) is 8.38. The zero-order valence-corrected chi connectivity index (χ0v) is 15.2. The van der Waals surface area contributed by atoms with Gasteiger partial charge in [-0.25, -0.2) is 0 Å². The molecule has 1 aliphatic rings. The van der Waals surface area contributed by atoms with Crippen LogP contribution in [0.4, 0.5) is 0 Å². The van der Waals surface area contributed by atoms with Crippen molar-refractivity contribution in [2.45, 2.75) is 65.3 Å². The van der Waals surface area contributed by atoms with E-state index < -0.39 is 0 Å². The van der Waals surface area contributed by atoms with Crippen molar-refractivity contribution in [1.82, 2.24) is 0 Å². The lowest BCUT2D eigenvalue weighted by molar-refractivity contribution is -0.162. The minimum atomic E-state index is -0.359. The molecule has 24 heavy (non-hydrogen) atoms. The summed E-state index contributed by atoms with van der Waals surface area (Å²) in [4.78, 5) is 12.0. The van der Waals surface area contributed by atoms with Crippen molar-refractivity contribution in [3.8, 4) is 5.75 Å². The van der Waals surface area contributed by atoms with Crippen molar-refractivity contribution < 1.29 is 19.0 Å². The van der Waals surface area contributed by atoms with Gasteiger partial charge in [0.2, 0.25) is 0 Å². The summed E-state index contributed by atoms with van der Waals surface area (Å²) in [5, 5.41) is 0. The lowest BCUT2D eigenvalue weighted by Crippen LogP contribution is -2.46. The highest BCUT2D eigenvalue weighted by Crippen LogP contribution is 2.38. The lowest BCUT2D eigenvalue weighted by Gasteiger charge is -2.32. The second-order valence-electron chi connectivity index (χ2n) is 6.87. The number of carbonyl (C=O) groups excluding carboxylic acids is 1. The molecule has 0 radical (unpaired) electrons. The summed E-state index contributed by atoms with van der Waals surface area (Å²) in [5.74, 6) is 0.918. The van der Waals surface area contributed by atoms with E-state index in [2.05, 4.69) is 6.92 Å². The number of carbonyl (C=O) groups is 1. The number of ether oxygens (including phenoxy) is 3. The molecule has 0 spiro atoms. The van der Waals surface area contributed by atoms with Crippen LogP contribution in [0.2, 0.25) is 0 Å². The van der Waals surface area contributed by atoms with Crippen LogP contribution in [0.3, 0.4) is 0 Å². The van der Waals surface area contributed by atoms with Crippen molar-refractivity contribution >= 4 is 5.97 Å². The number of hydrogen-bond acceptors (Lipinski definition) is 4. The highest BCUT2D eigenvalue weighted by atomic mass is 16.6. The molecule has 1 aromatic rings. The zero-order chi connectivity index (χ0) is 17.5. The van der Waals surface area contributed by atoms with Gasteiger partial charge in [0.25, 0.3) is 0 Å². The lowest BCUT2D eigenvalue weighted by atomic mass is 10.0. The monoisotopic (exact) mass is 334 g/mol. The third kappa shape index (κ3) is 5.52. The number of hydrogen-bond donors (Lipinski definition) is 0. The van der Waals surface area contributed by atoms with E-state index in [1.807, 2.05) is 51.1 Å². The fraction of sp³-hybridized carbons (Fsp3) is 0.650. The van der Waals surface area contributed by atoms with Gasteiger partial charge in [-0.2, -0.15) is 0 Å². The molecule has 1 aromatic carbocycles. The van der Waals surface area contributed by atoms with Crippen molar-refractivity contribution in [2.24, 2.45) is 11.8 Å². The van der Waals surface area contributed by atoms with E-state index in [1.165, 1.54) is 0 Å².